The molecule has 2 aromatic carbocycles. The van der Waals surface area contributed by atoms with Gasteiger partial charge in [0.25, 0.3) is 10.0 Å². The fraction of sp³-hybridized carbons (Fsp3) is 0.400. The first-order chi connectivity index (χ1) is 12.4. The number of benzene rings is 2. The largest absolute Gasteiger partial charge is 0.495 e. The van der Waals surface area contributed by atoms with Crippen LogP contribution in [0.15, 0.2) is 47.4 Å². The van der Waals surface area contributed by atoms with Crippen LogP contribution in [0, 0.1) is 0 Å². The van der Waals surface area contributed by atoms with Crippen molar-refractivity contribution in [2.45, 2.75) is 37.0 Å². The van der Waals surface area contributed by atoms with Crippen molar-refractivity contribution in [3.8, 4) is 5.75 Å². The molecule has 1 fully saturated rings. The van der Waals surface area contributed by atoms with Crippen molar-refractivity contribution < 1.29 is 13.2 Å². The molecule has 2 N–H and O–H groups in total. The second-order valence-corrected chi connectivity index (χ2v) is 8.66. The van der Waals surface area contributed by atoms with Crippen molar-refractivity contribution in [2.75, 3.05) is 24.9 Å². The van der Waals surface area contributed by atoms with Gasteiger partial charge in [-0.25, -0.2) is 8.42 Å². The molecule has 6 heteroatoms. The van der Waals surface area contributed by atoms with Crippen LogP contribution in [0.1, 0.15) is 43.2 Å². The summed E-state index contributed by atoms with van der Waals surface area (Å²) in [6.07, 6.45) is 1.08. The van der Waals surface area contributed by atoms with Crippen molar-refractivity contribution in [3.05, 3.63) is 53.6 Å². The number of methoxy groups -OCH3 is 1. The van der Waals surface area contributed by atoms with Crippen LogP contribution in [-0.2, 0) is 10.0 Å². The molecular weight excluding hydrogens is 348 g/mol. The predicted octanol–water partition coefficient (Wildman–Crippen LogP) is 3.70. The molecular formula is C20H26N2O3S. The van der Waals surface area contributed by atoms with Gasteiger partial charge in [-0.15, -0.1) is 0 Å². The summed E-state index contributed by atoms with van der Waals surface area (Å²) >= 11 is 0. The number of sulfonamides is 1. The maximum Gasteiger partial charge on any atom is 0.262 e. The normalized spacial score (nSPS) is 17.5. The standard InChI is InChI=1S/C20H26N2O3S/c1-14(2)15-4-7-18(8-5-15)26(23,24)22-19-9-6-16(12-20(19)25-3)17-10-11-21-13-17/h4-9,12,14,17,21-22H,10-11,13H2,1-3H3. The monoisotopic (exact) mass is 374 g/mol. The highest BCUT2D eigenvalue weighted by molar-refractivity contribution is 7.92. The maximum atomic E-state index is 12.7. The summed E-state index contributed by atoms with van der Waals surface area (Å²) < 4.78 is 33.5. The summed E-state index contributed by atoms with van der Waals surface area (Å²) in [6.45, 7) is 6.10. The minimum Gasteiger partial charge on any atom is -0.495 e. The van der Waals surface area contributed by atoms with Crippen LogP contribution < -0.4 is 14.8 Å². The average molecular weight is 375 g/mol. The van der Waals surface area contributed by atoms with Crippen LogP contribution in [0.5, 0.6) is 5.75 Å². The maximum absolute atomic E-state index is 12.7. The van der Waals surface area contributed by atoms with Crippen LogP contribution >= 0.6 is 0 Å². The SMILES string of the molecule is COc1cc(C2CCNC2)ccc1NS(=O)(=O)c1ccc(C(C)C)cc1. The topological polar surface area (TPSA) is 67.4 Å². The highest BCUT2D eigenvalue weighted by Gasteiger charge is 2.20. The molecule has 0 bridgehead atoms. The lowest BCUT2D eigenvalue weighted by atomic mass is 9.98. The van der Waals surface area contributed by atoms with Crippen molar-refractivity contribution in [1.82, 2.24) is 5.32 Å². The molecule has 0 radical (unpaired) electrons. The third-order valence-electron chi connectivity index (χ3n) is 4.86. The fourth-order valence-electron chi connectivity index (χ4n) is 3.22. The minimum absolute atomic E-state index is 0.244. The van der Waals surface area contributed by atoms with Crippen LogP contribution in [0.25, 0.3) is 0 Å². The van der Waals surface area contributed by atoms with E-state index in [1.165, 1.54) is 0 Å². The zero-order valence-corrected chi connectivity index (χ0v) is 16.3. The number of hydrogen-bond acceptors (Lipinski definition) is 4. The molecule has 3 rings (SSSR count). The molecule has 0 spiro atoms. The summed E-state index contributed by atoms with van der Waals surface area (Å²) in [5.41, 5.74) is 2.72. The molecule has 0 aliphatic carbocycles. The number of anilines is 1. The first-order valence-corrected chi connectivity index (χ1v) is 10.4. The van der Waals surface area contributed by atoms with Crippen LogP contribution in [0.4, 0.5) is 5.69 Å². The molecule has 1 atom stereocenters. The zero-order chi connectivity index (χ0) is 18.7. The van der Waals surface area contributed by atoms with Crippen molar-refractivity contribution in [3.63, 3.8) is 0 Å². The second kappa shape index (κ2) is 7.68. The summed E-state index contributed by atoms with van der Waals surface area (Å²) in [6, 6.07) is 12.7. The quantitative estimate of drug-likeness (QED) is 0.809. The molecule has 26 heavy (non-hydrogen) atoms. The van der Waals surface area contributed by atoms with Gasteiger partial charge in [0.05, 0.1) is 17.7 Å². The molecule has 1 heterocycles. The highest BCUT2D eigenvalue weighted by atomic mass is 32.2. The summed E-state index contributed by atoms with van der Waals surface area (Å²) in [7, 11) is -2.11. The Kier molecular flexibility index (Phi) is 5.53. The number of rotatable bonds is 6. The second-order valence-electron chi connectivity index (χ2n) is 6.98. The lowest BCUT2D eigenvalue weighted by Gasteiger charge is -2.16. The van der Waals surface area contributed by atoms with E-state index in [9.17, 15) is 8.42 Å². The molecule has 1 aliphatic heterocycles. The molecule has 0 aromatic heterocycles. The Morgan fingerprint density at radius 2 is 1.88 bits per heavy atom. The third kappa shape index (κ3) is 4.02. The predicted molar refractivity (Wildman–Crippen MR) is 105 cm³/mol. The van der Waals surface area contributed by atoms with E-state index in [2.05, 4.69) is 23.9 Å². The Hall–Kier alpha value is -2.05. The Balaban J connectivity index is 1.84. The molecule has 2 aromatic rings. The van der Waals surface area contributed by atoms with Gasteiger partial charge in [-0.1, -0.05) is 32.0 Å². The van der Waals surface area contributed by atoms with E-state index < -0.39 is 10.0 Å². The molecule has 1 saturated heterocycles. The molecule has 5 nitrogen and oxygen atoms in total. The Bertz CT molecular complexity index is 855. The van der Waals surface area contributed by atoms with E-state index in [0.717, 1.165) is 30.6 Å². The Morgan fingerprint density at radius 1 is 1.15 bits per heavy atom. The smallest absolute Gasteiger partial charge is 0.262 e. The molecule has 0 amide bonds. The van der Waals surface area contributed by atoms with E-state index in [1.807, 2.05) is 24.3 Å². The summed E-state index contributed by atoms with van der Waals surface area (Å²) in [4.78, 5) is 0.244. The van der Waals surface area contributed by atoms with E-state index in [0.29, 0.717) is 23.3 Å². The summed E-state index contributed by atoms with van der Waals surface area (Å²) in [5, 5.41) is 3.34. The Labute approximate surface area is 155 Å². The molecule has 1 unspecified atom stereocenters. The summed E-state index contributed by atoms with van der Waals surface area (Å²) in [5.74, 6) is 1.34. The van der Waals surface area contributed by atoms with Crippen LogP contribution in [0.3, 0.4) is 0 Å². The molecule has 0 saturated carbocycles. The number of ether oxygens (including phenoxy) is 1. The fourth-order valence-corrected chi connectivity index (χ4v) is 4.29. The van der Waals surface area contributed by atoms with Crippen molar-refractivity contribution >= 4 is 15.7 Å². The van der Waals surface area contributed by atoms with E-state index >= 15 is 0 Å². The van der Waals surface area contributed by atoms with Crippen LogP contribution in [0.2, 0.25) is 0 Å². The minimum atomic E-state index is -3.66. The van der Waals surface area contributed by atoms with E-state index in [-0.39, 0.29) is 4.90 Å². The van der Waals surface area contributed by atoms with Crippen LogP contribution in [-0.4, -0.2) is 28.6 Å². The number of hydrogen-bond donors (Lipinski definition) is 2. The molecule has 140 valence electrons. The zero-order valence-electron chi connectivity index (χ0n) is 15.5. The Morgan fingerprint density at radius 3 is 2.46 bits per heavy atom. The van der Waals surface area contributed by atoms with Crippen molar-refractivity contribution in [2.24, 2.45) is 0 Å². The van der Waals surface area contributed by atoms with Gasteiger partial charge in [-0.3, -0.25) is 4.72 Å². The average Bonchev–Trinajstić information content (AvgIpc) is 3.16. The first kappa shape index (κ1) is 18.7. The lowest BCUT2D eigenvalue weighted by molar-refractivity contribution is 0.416. The van der Waals surface area contributed by atoms with Gasteiger partial charge in [-0.05, 0) is 60.2 Å². The van der Waals surface area contributed by atoms with Crippen molar-refractivity contribution in [1.29, 1.82) is 0 Å². The molecule has 1 aliphatic rings. The third-order valence-corrected chi connectivity index (χ3v) is 6.24. The van der Waals surface area contributed by atoms with Gasteiger partial charge in [0.1, 0.15) is 5.75 Å². The van der Waals surface area contributed by atoms with Gasteiger partial charge < -0.3 is 10.1 Å². The highest BCUT2D eigenvalue weighted by Crippen LogP contribution is 2.32. The van der Waals surface area contributed by atoms with Gasteiger partial charge in [0.2, 0.25) is 0 Å². The van der Waals surface area contributed by atoms with Gasteiger partial charge >= 0.3 is 0 Å². The van der Waals surface area contributed by atoms with E-state index in [1.54, 1.807) is 25.3 Å². The van der Waals surface area contributed by atoms with Gasteiger partial charge in [0, 0.05) is 6.54 Å². The van der Waals surface area contributed by atoms with Gasteiger partial charge in [-0.2, -0.15) is 0 Å². The lowest BCUT2D eigenvalue weighted by Crippen LogP contribution is -2.14. The van der Waals surface area contributed by atoms with E-state index in [4.69, 9.17) is 4.74 Å². The van der Waals surface area contributed by atoms with Gasteiger partial charge in [0.15, 0.2) is 0 Å². The number of nitrogens with one attached hydrogen (secondary N) is 2. The first-order valence-electron chi connectivity index (χ1n) is 8.92.